The van der Waals surface area contributed by atoms with Crippen LogP contribution in [0.2, 0.25) is 5.02 Å². The fourth-order valence-corrected chi connectivity index (χ4v) is 2.23. The zero-order valence-electron chi connectivity index (χ0n) is 13.3. The van der Waals surface area contributed by atoms with Crippen molar-refractivity contribution in [1.29, 1.82) is 0 Å². The van der Waals surface area contributed by atoms with Gasteiger partial charge in [-0.15, -0.1) is 0 Å². The highest BCUT2D eigenvalue weighted by Gasteiger charge is 2.06. The van der Waals surface area contributed by atoms with E-state index >= 15 is 0 Å². The van der Waals surface area contributed by atoms with Crippen molar-refractivity contribution in [3.05, 3.63) is 58.6 Å². The number of para-hydroxylation sites is 1. The Bertz CT molecular complexity index is 636. The van der Waals surface area contributed by atoms with Crippen molar-refractivity contribution in [1.82, 2.24) is 5.32 Å². The number of nitrogens with one attached hydrogen (secondary N) is 1. The van der Waals surface area contributed by atoms with Crippen molar-refractivity contribution < 1.29 is 14.3 Å². The lowest BCUT2D eigenvalue weighted by molar-refractivity contribution is -0.123. The van der Waals surface area contributed by atoms with Gasteiger partial charge in [0.1, 0.15) is 18.1 Å². The average molecular weight is 334 g/mol. The molecule has 0 aliphatic rings. The number of hydrogen-bond acceptors (Lipinski definition) is 3. The summed E-state index contributed by atoms with van der Waals surface area (Å²) in [6.07, 6.45) is 0. The lowest BCUT2D eigenvalue weighted by Gasteiger charge is -2.12. The van der Waals surface area contributed by atoms with Crippen molar-refractivity contribution in [3.8, 4) is 11.5 Å². The van der Waals surface area contributed by atoms with Crippen molar-refractivity contribution in [2.24, 2.45) is 0 Å². The summed E-state index contributed by atoms with van der Waals surface area (Å²) in [5.74, 6) is 1.31. The molecule has 23 heavy (non-hydrogen) atoms. The third-order valence-corrected chi connectivity index (χ3v) is 3.51. The van der Waals surface area contributed by atoms with Crippen LogP contribution in [0.4, 0.5) is 0 Å². The molecular weight excluding hydrogens is 314 g/mol. The maximum absolute atomic E-state index is 11.8. The topological polar surface area (TPSA) is 47.6 Å². The number of rotatable bonds is 7. The van der Waals surface area contributed by atoms with Crippen LogP contribution >= 0.6 is 11.6 Å². The van der Waals surface area contributed by atoms with Gasteiger partial charge in [-0.05, 0) is 49.2 Å². The van der Waals surface area contributed by atoms with Crippen molar-refractivity contribution in [2.75, 3.05) is 19.8 Å². The lowest BCUT2D eigenvalue weighted by atomic mass is 10.1. The Kier molecular flexibility index (Phi) is 6.29. The quantitative estimate of drug-likeness (QED) is 0.788. The SMILES string of the molecule is Cc1cccc(C)c1OCC(=O)NCCOc1ccc(Cl)cc1. The highest BCUT2D eigenvalue weighted by molar-refractivity contribution is 6.30. The second-order valence-corrected chi connectivity index (χ2v) is 5.60. The van der Waals surface area contributed by atoms with E-state index in [1.807, 2.05) is 32.0 Å². The Morgan fingerprint density at radius 2 is 1.70 bits per heavy atom. The summed E-state index contributed by atoms with van der Waals surface area (Å²) in [5, 5.41) is 3.42. The highest BCUT2D eigenvalue weighted by Crippen LogP contribution is 2.22. The largest absolute Gasteiger partial charge is 0.492 e. The minimum atomic E-state index is -0.174. The van der Waals surface area contributed by atoms with E-state index in [0.717, 1.165) is 22.6 Å². The molecule has 0 radical (unpaired) electrons. The number of ether oxygens (including phenoxy) is 2. The Balaban J connectivity index is 1.68. The van der Waals surface area contributed by atoms with Crippen molar-refractivity contribution in [3.63, 3.8) is 0 Å². The van der Waals surface area contributed by atoms with Gasteiger partial charge in [0.25, 0.3) is 5.91 Å². The van der Waals surface area contributed by atoms with Gasteiger partial charge >= 0.3 is 0 Å². The summed E-state index contributed by atoms with van der Waals surface area (Å²) in [4.78, 5) is 11.8. The molecule has 4 nitrogen and oxygen atoms in total. The zero-order valence-corrected chi connectivity index (χ0v) is 14.0. The van der Waals surface area contributed by atoms with Crippen LogP contribution in [0.25, 0.3) is 0 Å². The first-order chi connectivity index (χ1) is 11.1. The number of carbonyl (C=O) groups is 1. The second kappa shape index (κ2) is 8.44. The molecule has 0 aliphatic carbocycles. The maximum atomic E-state index is 11.8. The number of benzene rings is 2. The molecule has 1 amide bonds. The third kappa shape index (κ3) is 5.49. The van der Waals surface area contributed by atoms with Gasteiger partial charge in [-0.1, -0.05) is 29.8 Å². The molecule has 122 valence electrons. The minimum absolute atomic E-state index is 0.00730. The molecule has 2 aromatic rings. The Morgan fingerprint density at radius 1 is 1.04 bits per heavy atom. The van der Waals surface area contributed by atoms with Gasteiger partial charge in [0.15, 0.2) is 6.61 Å². The van der Waals surface area contributed by atoms with Crippen LogP contribution in [0.15, 0.2) is 42.5 Å². The number of amides is 1. The van der Waals surface area contributed by atoms with E-state index in [-0.39, 0.29) is 12.5 Å². The van der Waals surface area contributed by atoms with Gasteiger partial charge in [0, 0.05) is 5.02 Å². The van der Waals surface area contributed by atoms with E-state index < -0.39 is 0 Å². The van der Waals surface area contributed by atoms with Crippen LogP contribution in [0.1, 0.15) is 11.1 Å². The van der Waals surface area contributed by atoms with Crippen LogP contribution in [0.5, 0.6) is 11.5 Å². The summed E-state index contributed by atoms with van der Waals surface area (Å²) in [5.41, 5.74) is 2.03. The first kappa shape index (κ1) is 17.2. The van der Waals surface area contributed by atoms with Crippen LogP contribution in [-0.2, 0) is 4.79 Å². The van der Waals surface area contributed by atoms with E-state index in [2.05, 4.69) is 5.32 Å². The molecule has 0 heterocycles. The predicted octanol–water partition coefficient (Wildman–Crippen LogP) is 3.53. The van der Waals surface area contributed by atoms with Crippen LogP contribution in [0.3, 0.4) is 0 Å². The first-order valence-electron chi connectivity index (χ1n) is 7.40. The molecule has 0 aliphatic heterocycles. The van der Waals surface area contributed by atoms with Crippen LogP contribution < -0.4 is 14.8 Å². The van der Waals surface area contributed by atoms with E-state index in [1.165, 1.54) is 0 Å². The molecular formula is C18H20ClNO3. The summed E-state index contributed by atoms with van der Waals surface area (Å²) < 4.78 is 11.1. The maximum Gasteiger partial charge on any atom is 0.258 e. The van der Waals surface area contributed by atoms with Gasteiger partial charge < -0.3 is 14.8 Å². The van der Waals surface area contributed by atoms with E-state index in [9.17, 15) is 4.79 Å². The monoisotopic (exact) mass is 333 g/mol. The van der Waals surface area contributed by atoms with Crippen LogP contribution in [0, 0.1) is 13.8 Å². The highest BCUT2D eigenvalue weighted by atomic mass is 35.5. The standard InChI is InChI=1S/C18H20ClNO3/c1-13-4-3-5-14(2)18(13)23-12-17(21)20-10-11-22-16-8-6-15(19)7-9-16/h3-9H,10-12H2,1-2H3,(H,20,21). The van der Waals surface area contributed by atoms with Gasteiger partial charge in [-0.3, -0.25) is 4.79 Å². The third-order valence-electron chi connectivity index (χ3n) is 3.26. The fraction of sp³-hybridized carbons (Fsp3) is 0.278. The van der Waals surface area contributed by atoms with E-state index in [1.54, 1.807) is 24.3 Å². The van der Waals surface area contributed by atoms with Crippen molar-refractivity contribution >= 4 is 17.5 Å². The van der Waals surface area contributed by atoms with Crippen LogP contribution in [-0.4, -0.2) is 25.7 Å². The molecule has 0 unspecified atom stereocenters. The van der Waals surface area contributed by atoms with Gasteiger partial charge in [0.05, 0.1) is 6.54 Å². The van der Waals surface area contributed by atoms with E-state index in [0.29, 0.717) is 18.2 Å². The lowest BCUT2D eigenvalue weighted by Crippen LogP contribution is -2.32. The zero-order chi connectivity index (χ0) is 16.7. The van der Waals surface area contributed by atoms with Crippen molar-refractivity contribution in [2.45, 2.75) is 13.8 Å². The Labute approximate surface area is 141 Å². The minimum Gasteiger partial charge on any atom is -0.492 e. The Morgan fingerprint density at radius 3 is 2.35 bits per heavy atom. The summed E-state index contributed by atoms with van der Waals surface area (Å²) in [7, 11) is 0. The average Bonchev–Trinajstić information content (AvgIpc) is 2.53. The number of carbonyl (C=O) groups excluding carboxylic acids is 1. The molecule has 0 aromatic heterocycles. The fourth-order valence-electron chi connectivity index (χ4n) is 2.11. The second-order valence-electron chi connectivity index (χ2n) is 5.16. The molecule has 5 heteroatoms. The summed E-state index contributed by atoms with van der Waals surface area (Å²) >= 11 is 5.80. The predicted molar refractivity (Wildman–Crippen MR) is 91.4 cm³/mol. The van der Waals surface area contributed by atoms with Gasteiger partial charge in [0.2, 0.25) is 0 Å². The number of hydrogen-bond donors (Lipinski definition) is 1. The summed E-state index contributed by atoms with van der Waals surface area (Å²) in [6.45, 7) is 4.71. The molecule has 0 spiro atoms. The molecule has 0 saturated heterocycles. The summed E-state index contributed by atoms with van der Waals surface area (Å²) in [6, 6.07) is 13.0. The molecule has 0 fully saturated rings. The molecule has 1 N–H and O–H groups in total. The van der Waals surface area contributed by atoms with Gasteiger partial charge in [-0.2, -0.15) is 0 Å². The smallest absolute Gasteiger partial charge is 0.258 e. The number of halogens is 1. The van der Waals surface area contributed by atoms with Gasteiger partial charge in [-0.25, -0.2) is 0 Å². The molecule has 2 aromatic carbocycles. The first-order valence-corrected chi connectivity index (χ1v) is 7.78. The molecule has 0 atom stereocenters. The number of aryl methyl sites for hydroxylation is 2. The van der Waals surface area contributed by atoms with E-state index in [4.69, 9.17) is 21.1 Å². The molecule has 0 saturated carbocycles. The normalized spacial score (nSPS) is 10.2. The molecule has 2 rings (SSSR count). The Hall–Kier alpha value is -2.20. The molecule has 0 bridgehead atoms.